The zero-order chi connectivity index (χ0) is 42.1. The van der Waals surface area contributed by atoms with Crippen LogP contribution in [0.1, 0.15) is 210 Å². The van der Waals surface area contributed by atoms with Crippen LogP contribution >= 0.6 is 7.82 Å². The normalized spacial score (nSPS) is 46.2. The summed E-state index contributed by atoms with van der Waals surface area (Å²) in [6.45, 7) is 25.1. The Morgan fingerprint density at radius 1 is 0.576 bits per heavy atom. The lowest BCUT2D eigenvalue weighted by Crippen LogP contribution is -2.51. The highest BCUT2D eigenvalue weighted by molar-refractivity contribution is 7.47. The summed E-state index contributed by atoms with van der Waals surface area (Å²) in [5, 5.41) is 0. The van der Waals surface area contributed by atoms with Gasteiger partial charge in [-0.15, -0.1) is 0 Å². The summed E-state index contributed by atoms with van der Waals surface area (Å²) in [5.74, 6) is 9.84. The molecule has 0 spiro atoms. The SMILES string of the molecule is CC(C)CCC[C@@H](C)[C@H]1CC[C@H]2[C@@H]3CC=C4C[C@@H](OP(=O)(O)O[C@H]5CC[C@@]6(C)C(=CC[C@@H]7[C@H]8CC[C@@H]([C@H](C)CCCC(C)C)[C@@]8(C)CC[C@H]76)C5)CC[C@@]4(C)[C@@H]3CC[C@@]12C. The highest BCUT2D eigenvalue weighted by Gasteiger charge is 2.61. The number of phosphoric acid groups is 1. The molecule has 336 valence electrons. The zero-order valence-corrected chi connectivity index (χ0v) is 40.8. The van der Waals surface area contributed by atoms with E-state index in [0.29, 0.717) is 10.8 Å². The maximum Gasteiger partial charge on any atom is 0.472 e. The Balaban J connectivity index is 0.855. The first kappa shape index (κ1) is 45.2. The third kappa shape index (κ3) is 8.40. The quantitative estimate of drug-likeness (QED) is 0.140. The molecule has 0 saturated heterocycles. The fourth-order valence-corrected chi connectivity index (χ4v) is 19.0. The number of hydrogen-bond donors (Lipinski definition) is 1. The fourth-order valence-electron chi connectivity index (χ4n) is 17.9. The highest BCUT2D eigenvalue weighted by atomic mass is 31.2. The van der Waals surface area contributed by atoms with E-state index in [1.165, 1.54) is 114 Å². The van der Waals surface area contributed by atoms with Crippen molar-refractivity contribution < 1.29 is 18.5 Å². The molecule has 5 heteroatoms. The van der Waals surface area contributed by atoms with Crippen molar-refractivity contribution in [2.24, 2.45) is 92.7 Å². The monoisotopic (exact) mass is 835 g/mol. The predicted molar refractivity (Wildman–Crippen MR) is 246 cm³/mol. The van der Waals surface area contributed by atoms with Crippen LogP contribution in [-0.4, -0.2) is 17.1 Å². The molecule has 1 unspecified atom stereocenters. The second-order valence-corrected chi connectivity index (χ2v) is 26.3. The number of phosphoric ester groups is 1. The minimum atomic E-state index is -4.19. The summed E-state index contributed by atoms with van der Waals surface area (Å²) in [6, 6.07) is 0. The molecular weight excluding hydrogens is 744 g/mol. The van der Waals surface area contributed by atoms with Crippen LogP contribution < -0.4 is 0 Å². The van der Waals surface area contributed by atoms with E-state index in [1.807, 2.05) is 0 Å². The smallest absolute Gasteiger partial charge is 0.302 e. The first-order valence-corrected chi connectivity index (χ1v) is 27.5. The Labute approximate surface area is 363 Å². The Bertz CT molecular complexity index is 1490. The summed E-state index contributed by atoms with van der Waals surface area (Å²) in [5.41, 5.74) is 4.43. The molecule has 0 aromatic carbocycles. The Kier molecular flexibility index (Phi) is 13.2. The summed E-state index contributed by atoms with van der Waals surface area (Å²) >= 11 is 0. The molecule has 0 heterocycles. The molecule has 8 rings (SSSR count). The van der Waals surface area contributed by atoms with Gasteiger partial charge in [-0.2, -0.15) is 0 Å². The van der Waals surface area contributed by atoms with Crippen molar-refractivity contribution >= 4 is 7.82 Å². The van der Waals surface area contributed by atoms with Crippen LogP contribution in [0, 0.1) is 92.7 Å². The average molecular weight is 835 g/mol. The Morgan fingerprint density at radius 2 is 0.983 bits per heavy atom. The van der Waals surface area contributed by atoms with Crippen LogP contribution in [0.4, 0.5) is 0 Å². The van der Waals surface area contributed by atoms with Gasteiger partial charge >= 0.3 is 7.82 Å². The molecule has 6 saturated carbocycles. The molecule has 0 radical (unpaired) electrons. The maximum atomic E-state index is 13.8. The molecule has 0 bridgehead atoms. The minimum Gasteiger partial charge on any atom is -0.302 e. The molecule has 1 N–H and O–H groups in total. The van der Waals surface area contributed by atoms with Crippen LogP contribution in [0.3, 0.4) is 0 Å². The molecule has 0 aromatic rings. The second kappa shape index (κ2) is 17.2. The van der Waals surface area contributed by atoms with Crippen molar-refractivity contribution in [1.82, 2.24) is 0 Å². The lowest BCUT2D eigenvalue weighted by atomic mass is 9.47. The lowest BCUT2D eigenvalue weighted by Gasteiger charge is -2.58. The van der Waals surface area contributed by atoms with Crippen molar-refractivity contribution in [3.05, 3.63) is 23.3 Å². The van der Waals surface area contributed by atoms with Crippen molar-refractivity contribution in [2.75, 3.05) is 0 Å². The van der Waals surface area contributed by atoms with E-state index in [9.17, 15) is 9.46 Å². The summed E-state index contributed by atoms with van der Waals surface area (Å²) in [4.78, 5) is 11.3. The van der Waals surface area contributed by atoms with Crippen molar-refractivity contribution in [1.29, 1.82) is 0 Å². The Morgan fingerprint density at radius 3 is 1.37 bits per heavy atom. The van der Waals surface area contributed by atoms with Gasteiger partial charge < -0.3 is 4.89 Å². The van der Waals surface area contributed by atoms with Gasteiger partial charge in [-0.25, -0.2) is 4.57 Å². The van der Waals surface area contributed by atoms with Gasteiger partial charge in [-0.1, -0.05) is 131 Å². The summed E-state index contributed by atoms with van der Waals surface area (Å²) in [7, 11) is -4.19. The van der Waals surface area contributed by atoms with E-state index in [2.05, 4.69) is 81.4 Å². The molecule has 8 aliphatic carbocycles. The number of hydrogen-bond acceptors (Lipinski definition) is 3. The van der Waals surface area contributed by atoms with Crippen LogP contribution in [0.15, 0.2) is 23.3 Å². The second-order valence-electron chi connectivity index (χ2n) is 25.0. The van der Waals surface area contributed by atoms with E-state index in [4.69, 9.17) is 9.05 Å². The van der Waals surface area contributed by atoms with E-state index in [1.54, 1.807) is 0 Å². The molecule has 0 aromatic heterocycles. The van der Waals surface area contributed by atoms with E-state index >= 15 is 0 Å². The molecule has 17 atom stereocenters. The minimum absolute atomic E-state index is 0.201. The molecule has 4 nitrogen and oxygen atoms in total. The fraction of sp³-hybridized carbons (Fsp3) is 0.926. The number of allylic oxidation sites excluding steroid dienone is 2. The van der Waals surface area contributed by atoms with Crippen LogP contribution in [0.5, 0.6) is 0 Å². The molecule has 59 heavy (non-hydrogen) atoms. The van der Waals surface area contributed by atoms with Crippen LogP contribution in [0.2, 0.25) is 0 Å². The molecule has 0 aliphatic heterocycles. The largest absolute Gasteiger partial charge is 0.472 e. The van der Waals surface area contributed by atoms with Gasteiger partial charge in [-0.3, -0.25) is 9.05 Å². The standard InChI is InChI=1S/C54H91O4P/c1-35(2)13-11-15-37(5)45-21-23-47-43-19-17-39-33-41(25-29-51(39,7)49(43)27-31-53(45,47)9)57-59(55,56)58-42-26-30-52(8)40(34-42)18-20-44-48-24-22-46(38(6)16-12-14-36(3)4)54(48,10)32-28-50(44)52/h17-18,35-38,41-50H,11-16,19-34H2,1-10H3,(H,55,56)/t37-,38-,41+,42+,43-,44+,45+,46-,47-,48+,49-,50-,51+,52-,53-,54+/m1/s1. The third-order valence-electron chi connectivity index (χ3n) is 21.1. The zero-order valence-electron chi connectivity index (χ0n) is 39.9. The molecule has 0 amide bonds. The summed E-state index contributed by atoms with van der Waals surface area (Å²) < 4.78 is 26.2. The van der Waals surface area contributed by atoms with Gasteiger partial charge in [0.2, 0.25) is 0 Å². The number of rotatable bonds is 14. The highest BCUT2D eigenvalue weighted by Crippen LogP contribution is 2.70. The van der Waals surface area contributed by atoms with Crippen molar-refractivity contribution in [3.8, 4) is 0 Å². The molecule has 6 fully saturated rings. The predicted octanol–water partition coefficient (Wildman–Crippen LogP) is 15.9. The lowest BCUT2D eigenvalue weighted by molar-refractivity contribution is -0.0615. The van der Waals surface area contributed by atoms with E-state index in [0.717, 1.165) is 110 Å². The topological polar surface area (TPSA) is 55.8 Å². The first-order valence-electron chi connectivity index (χ1n) is 26.0. The number of fused-ring (bicyclic) bond motifs is 10. The van der Waals surface area contributed by atoms with Gasteiger partial charge in [-0.05, 0) is 195 Å². The van der Waals surface area contributed by atoms with Gasteiger partial charge in [0.25, 0.3) is 0 Å². The maximum absolute atomic E-state index is 13.8. The van der Waals surface area contributed by atoms with Gasteiger partial charge in [0.05, 0.1) is 12.2 Å². The molecular formula is C54H91O4P. The van der Waals surface area contributed by atoms with Gasteiger partial charge in [0, 0.05) is 0 Å². The van der Waals surface area contributed by atoms with E-state index in [-0.39, 0.29) is 23.0 Å². The first-order chi connectivity index (χ1) is 27.9. The van der Waals surface area contributed by atoms with Gasteiger partial charge in [0.15, 0.2) is 0 Å². The molecule has 8 aliphatic rings. The average Bonchev–Trinajstić information content (AvgIpc) is 3.71. The summed E-state index contributed by atoms with van der Waals surface area (Å²) in [6.07, 6.45) is 32.0. The third-order valence-corrected chi connectivity index (χ3v) is 22.2. The van der Waals surface area contributed by atoms with Gasteiger partial charge in [0.1, 0.15) is 0 Å². The van der Waals surface area contributed by atoms with Crippen LogP contribution in [-0.2, 0) is 13.6 Å². The Hall–Kier alpha value is -0.410. The van der Waals surface area contributed by atoms with Crippen molar-refractivity contribution in [3.63, 3.8) is 0 Å². The van der Waals surface area contributed by atoms with Crippen molar-refractivity contribution in [2.45, 2.75) is 223 Å². The van der Waals surface area contributed by atoms with E-state index < -0.39 is 7.82 Å². The van der Waals surface area contributed by atoms with Crippen LogP contribution in [0.25, 0.3) is 0 Å².